The average molecular weight is 495 g/mol. The molecule has 0 aromatic heterocycles. The number of amides is 2. The first kappa shape index (κ1) is 23.5. The van der Waals surface area contributed by atoms with Crippen LogP contribution < -0.4 is 15.4 Å². The van der Waals surface area contributed by atoms with Crippen molar-refractivity contribution < 1.29 is 14.3 Å². The van der Waals surface area contributed by atoms with Crippen LogP contribution >= 0.6 is 15.9 Å². The molecule has 0 saturated carbocycles. The van der Waals surface area contributed by atoms with Crippen molar-refractivity contribution in [1.82, 2.24) is 0 Å². The van der Waals surface area contributed by atoms with Crippen molar-refractivity contribution in [1.29, 1.82) is 0 Å². The molecular weight excluding hydrogens is 468 g/mol. The summed E-state index contributed by atoms with van der Waals surface area (Å²) in [5.74, 6) is 0.226. The van der Waals surface area contributed by atoms with Crippen molar-refractivity contribution >= 4 is 39.1 Å². The molecule has 0 unspecified atom stereocenters. The number of halogens is 1. The molecule has 3 rings (SSSR count). The highest BCUT2D eigenvalue weighted by Gasteiger charge is 2.15. The Kier molecular flexibility index (Phi) is 7.36. The summed E-state index contributed by atoms with van der Waals surface area (Å²) in [6.07, 6.45) is 0. The molecule has 0 heterocycles. The number of hydrogen-bond acceptors (Lipinski definition) is 3. The summed E-state index contributed by atoms with van der Waals surface area (Å²) in [5.41, 5.74) is 3.45. The molecule has 3 aromatic rings. The Balaban J connectivity index is 1.68. The lowest BCUT2D eigenvalue weighted by Gasteiger charge is -2.19. The van der Waals surface area contributed by atoms with Crippen molar-refractivity contribution in [3.63, 3.8) is 0 Å². The van der Waals surface area contributed by atoms with E-state index in [1.165, 1.54) is 5.56 Å². The lowest BCUT2D eigenvalue weighted by atomic mass is 9.87. The van der Waals surface area contributed by atoms with Crippen molar-refractivity contribution in [2.75, 3.05) is 17.2 Å². The maximum absolute atomic E-state index is 12.6. The van der Waals surface area contributed by atoms with Gasteiger partial charge in [0.1, 0.15) is 5.75 Å². The van der Waals surface area contributed by atoms with Crippen molar-refractivity contribution in [3.8, 4) is 5.75 Å². The first-order valence-corrected chi connectivity index (χ1v) is 11.2. The van der Waals surface area contributed by atoms with Gasteiger partial charge in [0, 0.05) is 22.5 Å². The van der Waals surface area contributed by atoms with Gasteiger partial charge in [-0.2, -0.15) is 0 Å². The van der Waals surface area contributed by atoms with E-state index in [0.29, 0.717) is 39.3 Å². The first-order valence-electron chi connectivity index (χ1n) is 10.4. The third kappa shape index (κ3) is 5.98. The molecule has 0 fully saturated rings. The first-order chi connectivity index (χ1) is 15.2. The highest BCUT2D eigenvalue weighted by molar-refractivity contribution is 9.10. The Hall–Kier alpha value is -3.12. The van der Waals surface area contributed by atoms with Crippen LogP contribution in [0.3, 0.4) is 0 Å². The van der Waals surface area contributed by atoms with Gasteiger partial charge in [0.15, 0.2) is 0 Å². The van der Waals surface area contributed by atoms with Gasteiger partial charge < -0.3 is 15.4 Å². The second-order valence-electron chi connectivity index (χ2n) is 8.39. The van der Waals surface area contributed by atoms with E-state index in [-0.39, 0.29) is 17.2 Å². The molecule has 32 heavy (non-hydrogen) atoms. The predicted octanol–water partition coefficient (Wildman–Crippen LogP) is 6.65. The molecule has 0 aliphatic rings. The predicted molar refractivity (Wildman–Crippen MR) is 133 cm³/mol. The van der Waals surface area contributed by atoms with E-state index in [4.69, 9.17) is 4.74 Å². The molecular formula is C26H27BrN2O3. The zero-order valence-corrected chi connectivity index (χ0v) is 20.2. The maximum Gasteiger partial charge on any atom is 0.255 e. The third-order valence-corrected chi connectivity index (χ3v) is 5.51. The minimum absolute atomic E-state index is 0.0283. The summed E-state index contributed by atoms with van der Waals surface area (Å²) in [6, 6.07) is 19.8. The zero-order valence-electron chi connectivity index (χ0n) is 18.7. The smallest absolute Gasteiger partial charge is 0.255 e. The lowest BCUT2D eigenvalue weighted by Crippen LogP contribution is -2.15. The molecule has 166 valence electrons. The summed E-state index contributed by atoms with van der Waals surface area (Å²) >= 11 is 3.43. The molecule has 2 amide bonds. The molecule has 0 saturated heterocycles. The van der Waals surface area contributed by atoms with Crippen LogP contribution in [0.2, 0.25) is 0 Å². The summed E-state index contributed by atoms with van der Waals surface area (Å²) in [7, 11) is 0. The fraction of sp³-hybridized carbons (Fsp3) is 0.231. The van der Waals surface area contributed by atoms with E-state index in [1.54, 1.807) is 42.5 Å². The standard InChI is InChI=1S/C26H27BrN2O3/c1-5-32-23-14-11-18(15-22(23)27)25(31)29-21-8-6-7-20(16-21)28-24(30)17-9-12-19(13-10-17)26(2,3)4/h6-16H,5H2,1-4H3,(H,28,30)(H,29,31). The van der Waals surface area contributed by atoms with Crippen LogP contribution in [0.15, 0.2) is 71.2 Å². The minimum Gasteiger partial charge on any atom is -0.493 e. The summed E-state index contributed by atoms with van der Waals surface area (Å²) < 4.78 is 6.20. The molecule has 6 heteroatoms. The van der Waals surface area contributed by atoms with Gasteiger partial charge in [-0.1, -0.05) is 39.0 Å². The SMILES string of the molecule is CCOc1ccc(C(=O)Nc2cccc(NC(=O)c3ccc(C(C)(C)C)cc3)c2)cc1Br. The van der Waals surface area contributed by atoms with E-state index >= 15 is 0 Å². The van der Waals surface area contributed by atoms with E-state index in [9.17, 15) is 9.59 Å². The van der Waals surface area contributed by atoms with Crippen LogP contribution in [-0.4, -0.2) is 18.4 Å². The van der Waals surface area contributed by atoms with Gasteiger partial charge in [0.05, 0.1) is 11.1 Å². The highest BCUT2D eigenvalue weighted by atomic mass is 79.9. The number of hydrogen-bond donors (Lipinski definition) is 2. The molecule has 0 aliphatic heterocycles. The largest absolute Gasteiger partial charge is 0.493 e. The summed E-state index contributed by atoms with van der Waals surface area (Å²) in [4.78, 5) is 25.3. The van der Waals surface area contributed by atoms with Crippen molar-refractivity contribution in [3.05, 3.63) is 87.9 Å². The van der Waals surface area contributed by atoms with Crippen LogP contribution in [0.4, 0.5) is 11.4 Å². The Morgan fingerprint density at radius 2 is 1.41 bits per heavy atom. The van der Waals surface area contributed by atoms with Gasteiger partial charge >= 0.3 is 0 Å². The highest BCUT2D eigenvalue weighted by Crippen LogP contribution is 2.27. The maximum atomic E-state index is 12.6. The van der Waals surface area contributed by atoms with Gasteiger partial charge in [-0.05, 0) is 82.4 Å². The van der Waals surface area contributed by atoms with Crippen LogP contribution in [0.25, 0.3) is 0 Å². The number of anilines is 2. The average Bonchev–Trinajstić information content (AvgIpc) is 2.75. The van der Waals surface area contributed by atoms with Crippen LogP contribution in [0, 0.1) is 0 Å². The summed E-state index contributed by atoms with van der Waals surface area (Å²) in [6.45, 7) is 8.85. The third-order valence-electron chi connectivity index (χ3n) is 4.89. The van der Waals surface area contributed by atoms with Crippen molar-refractivity contribution in [2.45, 2.75) is 33.1 Å². The van der Waals surface area contributed by atoms with Gasteiger partial charge in [0.2, 0.25) is 0 Å². The second-order valence-corrected chi connectivity index (χ2v) is 9.25. The minimum atomic E-state index is -0.255. The number of carbonyl (C=O) groups excluding carboxylic acids is 2. The Bertz CT molecular complexity index is 1120. The van der Waals surface area contributed by atoms with Crippen molar-refractivity contribution in [2.24, 2.45) is 0 Å². The van der Waals surface area contributed by atoms with E-state index in [0.717, 1.165) is 0 Å². The van der Waals surface area contributed by atoms with E-state index < -0.39 is 0 Å². The number of carbonyl (C=O) groups is 2. The molecule has 0 atom stereocenters. The summed E-state index contributed by atoms with van der Waals surface area (Å²) in [5, 5.41) is 5.75. The lowest BCUT2D eigenvalue weighted by molar-refractivity contribution is 0.101. The topological polar surface area (TPSA) is 67.4 Å². The van der Waals surface area contributed by atoms with Crippen LogP contribution in [0.5, 0.6) is 5.75 Å². The normalized spacial score (nSPS) is 11.0. The quantitative estimate of drug-likeness (QED) is 0.402. The van der Waals surface area contributed by atoms with Crippen LogP contribution in [-0.2, 0) is 5.41 Å². The van der Waals surface area contributed by atoms with Gasteiger partial charge in [-0.15, -0.1) is 0 Å². The molecule has 0 spiro atoms. The number of nitrogens with one attached hydrogen (secondary N) is 2. The molecule has 2 N–H and O–H groups in total. The number of benzene rings is 3. The Labute approximate surface area is 197 Å². The van der Waals surface area contributed by atoms with Gasteiger partial charge in [0.25, 0.3) is 11.8 Å². The molecule has 0 bridgehead atoms. The van der Waals surface area contributed by atoms with Gasteiger partial charge in [-0.25, -0.2) is 0 Å². The Morgan fingerprint density at radius 1 is 0.844 bits per heavy atom. The molecule has 5 nitrogen and oxygen atoms in total. The molecule has 0 aliphatic carbocycles. The number of rotatable bonds is 6. The fourth-order valence-corrected chi connectivity index (χ4v) is 3.61. The van der Waals surface area contributed by atoms with Crippen LogP contribution in [0.1, 0.15) is 54.0 Å². The Morgan fingerprint density at radius 3 is 1.94 bits per heavy atom. The van der Waals surface area contributed by atoms with Gasteiger partial charge in [-0.3, -0.25) is 9.59 Å². The zero-order chi connectivity index (χ0) is 23.3. The molecule has 3 aromatic carbocycles. The molecule has 0 radical (unpaired) electrons. The van der Waals surface area contributed by atoms with E-state index in [1.807, 2.05) is 31.2 Å². The number of ether oxygens (including phenoxy) is 1. The monoisotopic (exact) mass is 494 g/mol. The fourth-order valence-electron chi connectivity index (χ4n) is 3.12. The second kappa shape index (κ2) is 10.0. The van der Waals surface area contributed by atoms with E-state index in [2.05, 4.69) is 47.3 Å².